The van der Waals surface area contributed by atoms with Crippen LogP contribution in [0.2, 0.25) is 0 Å². The fourth-order valence-electron chi connectivity index (χ4n) is 5.83. The standard InChI is InChI=1S/C30H24F6N4O2/c31-29(32,33)11-9-21-13-25(41)39-23(15-37-27(21)39)19-5-1-17(2-6-19)18-3-7-20(8-4-18)24-16-38-28-22(10-12-30(34,35)36)14-26(42)40(24)28/h1-8,15-16,21-22H,9-14H2/t21-,22-/m1/s1. The van der Waals surface area contributed by atoms with Crippen LogP contribution >= 0.6 is 0 Å². The SMILES string of the molecule is O=C1C[C@@H](CCC(F)(F)F)c2ncc(-c3ccc(-c4ccc(-c5cnc6n5C(=O)C[C@H]6CCC(F)(F)F)cc4)cc3)n21. The van der Waals surface area contributed by atoms with E-state index in [-0.39, 0.29) is 37.5 Å². The second kappa shape index (κ2) is 10.2. The first-order chi connectivity index (χ1) is 19.9. The molecule has 2 aromatic heterocycles. The van der Waals surface area contributed by atoms with Crippen molar-refractivity contribution >= 4 is 11.8 Å². The maximum atomic E-state index is 12.7. The number of hydrogen-bond donors (Lipinski definition) is 0. The van der Waals surface area contributed by atoms with Crippen LogP contribution in [0.4, 0.5) is 26.3 Å². The van der Waals surface area contributed by atoms with Crippen LogP contribution in [0, 0.1) is 0 Å². The fourth-order valence-corrected chi connectivity index (χ4v) is 5.83. The Kier molecular flexibility index (Phi) is 6.81. The monoisotopic (exact) mass is 586 g/mol. The van der Waals surface area contributed by atoms with Crippen LogP contribution in [0.3, 0.4) is 0 Å². The van der Waals surface area contributed by atoms with Gasteiger partial charge in [-0.3, -0.25) is 18.7 Å². The summed E-state index contributed by atoms with van der Waals surface area (Å²) in [5, 5.41) is 0. The number of nitrogens with zero attached hydrogens (tertiary/aromatic N) is 4. The zero-order valence-corrected chi connectivity index (χ0v) is 22.0. The Morgan fingerprint density at radius 1 is 0.595 bits per heavy atom. The van der Waals surface area contributed by atoms with Crippen LogP contribution in [0.1, 0.15) is 71.6 Å². The predicted octanol–water partition coefficient (Wildman–Crippen LogP) is 8.02. The maximum absolute atomic E-state index is 12.7. The third-order valence-electron chi connectivity index (χ3n) is 7.90. The number of alkyl halides is 6. The molecule has 4 aromatic rings. The summed E-state index contributed by atoms with van der Waals surface area (Å²) >= 11 is 0. The van der Waals surface area contributed by atoms with Crippen LogP contribution in [-0.4, -0.2) is 43.3 Å². The van der Waals surface area contributed by atoms with Gasteiger partial charge >= 0.3 is 12.4 Å². The van der Waals surface area contributed by atoms with Crippen molar-refractivity contribution in [1.29, 1.82) is 0 Å². The summed E-state index contributed by atoms with van der Waals surface area (Å²) in [5.74, 6) is -0.972. The molecule has 0 N–H and O–H groups in total. The zero-order valence-electron chi connectivity index (χ0n) is 22.0. The van der Waals surface area contributed by atoms with Crippen molar-refractivity contribution < 1.29 is 35.9 Å². The lowest BCUT2D eigenvalue weighted by molar-refractivity contribution is -0.137. The van der Waals surface area contributed by atoms with E-state index in [2.05, 4.69) is 9.97 Å². The first-order valence-corrected chi connectivity index (χ1v) is 13.4. The highest BCUT2D eigenvalue weighted by Crippen LogP contribution is 2.40. The van der Waals surface area contributed by atoms with Crippen molar-refractivity contribution in [2.24, 2.45) is 0 Å². The van der Waals surface area contributed by atoms with E-state index in [1.165, 1.54) is 21.5 Å². The summed E-state index contributed by atoms with van der Waals surface area (Å²) < 4.78 is 79.0. The molecule has 6 rings (SSSR count). The van der Waals surface area contributed by atoms with Gasteiger partial charge in [0, 0.05) is 48.6 Å². The number of fused-ring (bicyclic) bond motifs is 2. The molecular formula is C30H24F6N4O2. The van der Waals surface area contributed by atoms with E-state index in [9.17, 15) is 35.9 Å². The van der Waals surface area contributed by atoms with E-state index in [0.29, 0.717) is 34.2 Å². The summed E-state index contributed by atoms with van der Waals surface area (Å²) in [6.45, 7) is 0. The molecule has 0 bridgehead atoms. The zero-order chi connectivity index (χ0) is 29.8. The molecule has 0 saturated heterocycles. The first-order valence-electron chi connectivity index (χ1n) is 13.4. The Labute approximate surface area is 236 Å². The van der Waals surface area contributed by atoms with Gasteiger partial charge in [0.25, 0.3) is 0 Å². The Balaban J connectivity index is 1.18. The Morgan fingerprint density at radius 2 is 0.929 bits per heavy atom. The highest BCUT2D eigenvalue weighted by atomic mass is 19.4. The highest BCUT2D eigenvalue weighted by molar-refractivity contribution is 5.89. The van der Waals surface area contributed by atoms with Crippen molar-refractivity contribution in [3.63, 3.8) is 0 Å². The van der Waals surface area contributed by atoms with Gasteiger partial charge in [0.1, 0.15) is 11.6 Å². The molecule has 2 atom stereocenters. The second-order valence-electron chi connectivity index (χ2n) is 10.7. The van der Waals surface area contributed by atoms with Gasteiger partial charge in [-0.25, -0.2) is 9.97 Å². The molecule has 2 aliphatic rings. The van der Waals surface area contributed by atoms with Crippen LogP contribution in [-0.2, 0) is 0 Å². The quantitative estimate of drug-likeness (QED) is 0.206. The third-order valence-corrected chi connectivity index (χ3v) is 7.90. The van der Waals surface area contributed by atoms with Gasteiger partial charge in [0.05, 0.1) is 23.8 Å². The largest absolute Gasteiger partial charge is 0.389 e. The highest BCUT2D eigenvalue weighted by Gasteiger charge is 2.38. The topological polar surface area (TPSA) is 69.8 Å². The molecule has 2 aliphatic heterocycles. The lowest BCUT2D eigenvalue weighted by Crippen LogP contribution is -2.09. The molecule has 218 valence electrons. The molecule has 0 aliphatic carbocycles. The molecule has 0 unspecified atom stereocenters. The second-order valence-corrected chi connectivity index (χ2v) is 10.7. The van der Waals surface area contributed by atoms with Crippen molar-refractivity contribution in [3.8, 4) is 33.6 Å². The normalized spacial score (nSPS) is 18.5. The molecule has 42 heavy (non-hydrogen) atoms. The van der Waals surface area contributed by atoms with Crippen molar-refractivity contribution in [2.75, 3.05) is 0 Å². The van der Waals surface area contributed by atoms with E-state index in [1.54, 1.807) is 0 Å². The van der Waals surface area contributed by atoms with Gasteiger partial charge in [-0.2, -0.15) is 26.3 Å². The molecule has 0 saturated carbocycles. The van der Waals surface area contributed by atoms with Gasteiger partial charge in [-0.05, 0) is 24.0 Å². The van der Waals surface area contributed by atoms with Crippen LogP contribution < -0.4 is 0 Å². The Morgan fingerprint density at radius 3 is 1.26 bits per heavy atom. The number of hydrogen-bond acceptors (Lipinski definition) is 4. The first kappa shape index (κ1) is 27.9. The lowest BCUT2D eigenvalue weighted by Gasteiger charge is -2.09. The number of imidazole rings is 2. The van der Waals surface area contributed by atoms with Gasteiger partial charge in [0.15, 0.2) is 0 Å². The Hall–Kier alpha value is -4.22. The summed E-state index contributed by atoms with van der Waals surface area (Å²) in [4.78, 5) is 33.8. The van der Waals surface area contributed by atoms with Crippen LogP contribution in [0.25, 0.3) is 33.6 Å². The summed E-state index contributed by atoms with van der Waals surface area (Å²) in [5.41, 5.74) is 4.18. The van der Waals surface area contributed by atoms with E-state index >= 15 is 0 Å². The van der Waals surface area contributed by atoms with E-state index in [4.69, 9.17) is 0 Å². The van der Waals surface area contributed by atoms with Crippen LogP contribution in [0.15, 0.2) is 60.9 Å². The smallest absolute Gasteiger partial charge is 0.274 e. The number of rotatable bonds is 7. The average Bonchev–Trinajstić information content (AvgIpc) is 3.69. The molecule has 4 heterocycles. The predicted molar refractivity (Wildman–Crippen MR) is 141 cm³/mol. The minimum Gasteiger partial charge on any atom is -0.274 e. The summed E-state index contributed by atoms with van der Waals surface area (Å²) in [6, 6.07) is 14.7. The minimum atomic E-state index is -4.29. The number of carbonyl (C=O) groups is 2. The van der Waals surface area contributed by atoms with Gasteiger partial charge in [-0.1, -0.05) is 48.5 Å². The van der Waals surface area contributed by atoms with Crippen molar-refractivity contribution in [2.45, 2.75) is 62.7 Å². The minimum absolute atomic E-state index is 0.00308. The summed E-state index contributed by atoms with van der Waals surface area (Å²) in [6.07, 6.45) is -7.88. The molecule has 2 aromatic carbocycles. The Bertz CT molecular complexity index is 1530. The number of carbonyl (C=O) groups excluding carboxylic acids is 2. The van der Waals surface area contributed by atoms with Gasteiger partial charge in [0.2, 0.25) is 11.8 Å². The molecular weight excluding hydrogens is 562 g/mol. The maximum Gasteiger partial charge on any atom is 0.389 e. The number of halogens is 6. The summed E-state index contributed by atoms with van der Waals surface area (Å²) in [7, 11) is 0. The number of aromatic nitrogens is 4. The molecule has 0 spiro atoms. The van der Waals surface area contributed by atoms with Crippen LogP contribution in [0.5, 0.6) is 0 Å². The fraction of sp³-hybridized carbons (Fsp3) is 0.333. The van der Waals surface area contributed by atoms with Crippen molar-refractivity contribution in [1.82, 2.24) is 19.1 Å². The molecule has 12 heteroatoms. The van der Waals surface area contributed by atoms with Gasteiger partial charge < -0.3 is 0 Å². The van der Waals surface area contributed by atoms with Gasteiger partial charge in [-0.15, -0.1) is 0 Å². The lowest BCUT2D eigenvalue weighted by atomic mass is 10.0. The van der Waals surface area contributed by atoms with E-state index < -0.39 is 37.0 Å². The molecule has 0 radical (unpaired) electrons. The number of benzene rings is 2. The molecule has 0 amide bonds. The van der Waals surface area contributed by atoms with E-state index in [0.717, 1.165) is 11.1 Å². The van der Waals surface area contributed by atoms with Crippen molar-refractivity contribution in [3.05, 3.63) is 72.6 Å². The molecule has 6 nitrogen and oxygen atoms in total. The van der Waals surface area contributed by atoms with E-state index in [1.807, 2.05) is 48.5 Å². The average molecular weight is 587 g/mol. The third kappa shape index (κ3) is 5.37. The molecule has 0 fully saturated rings.